The van der Waals surface area contributed by atoms with Crippen LogP contribution >= 0.6 is 0 Å². The van der Waals surface area contributed by atoms with E-state index in [4.69, 9.17) is 14.7 Å². The summed E-state index contributed by atoms with van der Waals surface area (Å²) in [5.74, 6) is 1.27. The summed E-state index contributed by atoms with van der Waals surface area (Å²) in [6.45, 7) is 3.91. The number of rotatable bonds is 5. The summed E-state index contributed by atoms with van der Waals surface area (Å²) in [6, 6.07) is 8.04. The normalized spacial score (nSPS) is 19.6. The van der Waals surface area contributed by atoms with Crippen LogP contribution in [0.1, 0.15) is 24.0 Å². The Labute approximate surface area is 120 Å². The highest BCUT2D eigenvalue weighted by molar-refractivity contribution is 5.45. The van der Waals surface area contributed by atoms with Crippen molar-refractivity contribution in [2.45, 2.75) is 19.4 Å². The Morgan fingerprint density at radius 2 is 2.25 bits per heavy atom. The lowest BCUT2D eigenvalue weighted by molar-refractivity contribution is 0.0874. The Kier molecular flexibility index (Phi) is 5.40. The van der Waals surface area contributed by atoms with Crippen LogP contribution in [0.3, 0.4) is 0 Å². The van der Waals surface area contributed by atoms with Gasteiger partial charge in [0, 0.05) is 20.2 Å². The number of nitrogens with zero attached hydrogens (tertiary/aromatic N) is 2. The lowest BCUT2D eigenvalue weighted by atomic mass is 9.98. The molecule has 1 aromatic carbocycles. The molecule has 0 N–H and O–H groups in total. The second-order valence-corrected chi connectivity index (χ2v) is 5.35. The highest BCUT2D eigenvalue weighted by atomic mass is 16.5. The third kappa shape index (κ3) is 3.72. The molecule has 108 valence electrons. The largest absolute Gasteiger partial charge is 0.495 e. The van der Waals surface area contributed by atoms with Gasteiger partial charge < -0.3 is 9.47 Å². The smallest absolute Gasteiger partial charge is 0.136 e. The second kappa shape index (κ2) is 7.28. The number of hydrogen-bond acceptors (Lipinski definition) is 4. The first-order valence-electron chi connectivity index (χ1n) is 7.05. The van der Waals surface area contributed by atoms with Gasteiger partial charge in [0.15, 0.2) is 0 Å². The average Bonchev–Trinajstić information content (AvgIpc) is 2.48. The molecule has 0 aromatic heterocycles. The first-order valence-corrected chi connectivity index (χ1v) is 7.05. The molecule has 1 fully saturated rings. The number of nitriles is 1. The summed E-state index contributed by atoms with van der Waals surface area (Å²) >= 11 is 0. The van der Waals surface area contributed by atoms with Crippen LogP contribution in [0.15, 0.2) is 18.2 Å². The number of piperidine rings is 1. The molecule has 0 saturated carbocycles. The molecule has 0 spiro atoms. The highest BCUT2D eigenvalue weighted by Crippen LogP contribution is 2.22. The van der Waals surface area contributed by atoms with Crippen molar-refractivity contribution >= 4 is 0 Å². The molecule has 1 aromatic rings. The molecule has 0 bridgehead atoms. The van der Waals surface area contributed by atoms with Crippen molar-refractivity contribution in [1.82, 2.24) is 4.90 Å². The second-order valence-electron chi connectivity index (χ2n) is 5.35. The van der Waals surface area contributed by atoms with Gasteiger partial charge in [-0.25, -0.2) is 0 Å². The molecule has 1 unspecified atom stereocenters. The molecule has 0 radical (unpaired) electrons. The summed E-state index contributed by atoms with van der Waals surface area (Å²) in [6.07, 6.45) is 2.46. The summed E-state index contributed by atoms with van der Waals surface area (Å²) in [4.78, 5) is 2.44. The molecular weight excluding hydrogens is 252 g/mol. The standard InChI is InChI=1S/C16H22N2O2/c1-19-12-14-4-3-7-18(11-14)10-13-5-6-16(20-2)15(8-13)9-17/h5-6,8,14H,3-4,7,10-12H2,1-2H3. The fourth-order valence-corrected chi connectivity index (χ4v) is 2.87. The predicted octanol–water partition coefficient (Wildman–Crippen LogP) is 2.43. The molecule has 1 heterocycles. The third-order valence-electron chi connectivity index (χ3n) is 3.80. The van der Waals surface area contributed by atoms with Gasteiger partial charge in [0.25, 0.3) is 0 Å². The van der Waals surface area contributed by atoms with Crippen LogP contribution in [-0.2, 0) is 11.3 Å². The van der Waals surface area contributed by atoms with Gasteiger partial charge in [-0.15, -0.1) is 0 Å². The molecule has 2 rings (SSSR count). The lowest BCUT2D eigenvalue weighted by Gasteiger charge is -2.32. The summed E-state index contributed by atoms with van der Waals surface area (Å²) in [5, 5.41) is 9.13. The minimum absolute atomic E-state index is 0.607. The molecular formula is C16H22N2O2. The van der Waals surface area contributed by atoms with Crippen LogP contribution in [0.2, 0.25) is 0 Å². The first kappa shape index (κ1) is 14.8. The van der Waals surface area contributed by atoms with Crippen molar-refractivity contribution in [2.75, 3.05) is 33.9 Å². The molecule has 4 nitrogen and oxygen atoms in total. The molecule has 1 atom stereocenters. The Balaban J connectivity index is 2.01. The van der Waals surface area contributed by atoms with Gasteiger partial charge in [0.1, 0.15) is 11.8 Å². The zero-order valence-corrected chi connectivity index (χ0v) is 12.3. The summed E-state index contributed by atoms with van der Waals surface area (Å²) in [7, 11) is 3.36. The number of likely N-dealkylation sites (tertiary alicyclic amines) is 1. The fourth-order valence-electron chi connectivity index (χ4n) is 2.87. The molecule has 0 aliphatic carbocycles. The van der Waals surface area contributed by atoms with Crippen LogP contribution in [0.25, 0.3) is 0 Å². The SMILES string of the molecule is COCC1CCCN(Cc2ccc(OC)c(C#N)c2)C1. The van der Waals surface area contributed by atoms with Gasteiger partial charge in [-0.1, -0.05) is 6.07 Å². The maximum absolute atomic E-state index is 9.13. The Morgan fingerprint density at radius 1 is 1.40 bits per heavy atom. The van der Waals surface area contributed by atoms with Crippen LogP contribution in [-0.4, -0.2) is 38.8 Å². The van der Waals surface area contributed by atoms with Crippen molar-refractivity contribution < 1.29 is 9.47 Å². The topological polar surface area (TPSA) is 45.5 Å². The lowest BCUT2D eigenvalue weighted by Crippen LogP contribution is -2.36. The van der Waals surface area contributed by atoms with E-state index in [0.29, 0.717) is 17.2 Å². The van der Waals surface area contributed by atoms with E-state index in [2.05, 4.69) is 11.0 Å². The maximum atomic E-state index is 9.13. The number of hydrogen-bond donors (Lipinski definition) is 0. The molecule has 4 heteroatoms. The van der Waals surface area contributed by atoms with E-state index in [9.17, 15) is 0 Å². The third-order valence-corrected chi connectivity index (χ3v) is 3.80. The van der Waals surface area contributed by atoms with Crippen molar-refractivity contribution in [2.24, 2.45) is 5.92 Å². The van der Waals surface area contributed by atoms with Gasteiger partial charge in [-0.2, -0.15) is 5.26 Å². The summed E-state index contributed by atoms with van der Waals surface area (Å²) in [5.41, 5.74) is 1.77. The first-order chi connectivity index (χ1) is 9.76. The van der Waals surface area contributed by atoms with E-state index < -0.39 is 0 Å². The van der Waals surface area contributed by atoms with Crippen molar-refractivity contribution in [1.29, 1.82) is 5.26 Å². The van der Waals surface area contributed by atoms with Crippen molar-refractivity contribution in [3.05, 3.63) is 29.3 Å². The molecule has 0 amide bonds. The van der Waals surface area contributed by atoms with Crippen LogP contribution < -0.4 is 4.74 Å². The number of benzene rings is 1. The van der Waals surface area contributed by atoms with Crippen molar-refractivity contribution in [3.8, 4) is 11.8 Å². The molecule has 1 saturated heterocycles. The fraction of sp³-hybridized carbons (Fsp3) is 0.562. The minimum atomic E-state index is 0.607. The maximum Gasteiger partial charge on any atom is 0.136 e. The van der Waals surface area contributed by atoms with Gasteiger partial charge in [0.2, 0.25) is 0 Å². The molecule has 20 heavy (non-hydrogen) atoms. The van der Waals surface area contributed by atoms with Crippen LogP contribution in [0.5, 0.6) is 5.75 Å². The van der Waals surface area contributed by atoms with Gasteiger partial charge >= 0.3 is 0 Å². The van der Waals surface area contributed by atoms with E-state index in [-0.39, 0.29) is 0 Å². The van der Waals surface area contributed by atoms with E-state index in [1.54, 1.807) is 14.2 Å². The highest BCUT2D eigenvalue weighted by Gasteiger charge is 2.20. The zero-order chi connectivity index (χ0) is 14.4. The van der Waals surface area contributed by atoms with Crippen LogP contribution in [0, 0.1) is 17.2 Å². The molecule has 1 aliphatic rings. The van der Waals surface area contributed by atoms with E-state index in [0.717, 1.165) is 26.2 Å². The van der Waals surface area contributed by atoms with E-state index in [1.807, 2.05) is 18.2 Å². The average molecular weight is 274 g/mol. The van der Waals surface area contributed by atoms with Crippen LogP contribution in [0.4, 0.5) is 0 Å². The number of methoxy groups -OCH3 is 2. The Bertz CT molecular complexity index is 480. The van der Waals surface area contributed by atoms with E-state index >= 15 is 0 Å². The van der Waals surface area contributed by atoms with Crippen molar-refractivity contribution in [3.63, 3.8) is 0 Å². The monoisotopic (exact) mass is 274 g/mol. The number of ether oxygens (including phenoxy) is 2. The van der Waals surface area contributed by atoms with Gasteiger partial charge in [0.05, 0.1) is 19.3 Å². The Morgan fingerprint density at radius 3 is 2.95 bits per heavy atom. The predicted molar refractivity (Wildman–Crippen MR) is 77.6 cm³/mol. The van der Waals surface area contributed by atoms with Gasteiger partial charge in [-0.05, 0) is 43.0 Å². The molecule has 1 aliphatic heterocycles. The van der Waals surface area contributed by atoms with E-state index in [1.165, 1.54) is 18.4 Å². The minimum Gasteiger partial charge on any atom is -0.495 e. The quantitative estimate of drug-likeness (QED) is 0.827. The van der Waals surface area contributed by atoms with Gasteiger partial charge in [-0.3, -0.25) is 4.90 Å². The zero-order valence-electron chi connectivity index (χ0n) is 12.3. The summed E-state index contributed by atoms with van der Waals surface area (Å²) < 4.78 is 10.4. The Hall–Kier alpha value is -1.57.